The first kappa shape index (κ1) is 24.3. The minimum atomic E-state index is -0.832. The Morgan fingerprint density at radius 2 is 1.77 bits per heavy atom. The van der Waals surface area contributed by atoms with Gasteiger partial charge in [0.2, 0.25) is 0 Å². The molecule has 0 aromatic heterocycles. The number of aliphatic hydroxyl groups excluding tert-OH is 1. The summed E-state index contributed by atoms with van der Waals surface area (Å²) in [7, 11) is 0. The number of carbonyl (C=O) groups is 2. The summed E-state index contributed by atoms with van der Waals surface area (Å²) in [6.07, 6.45) is 3.61. The molecule has 2 aromatic carbocycles. The number of nitrogens with zero attached hydrogens (tertiary/aromatic N) is 3. The molecule has 1 fully saturated rings. The summed E-state index contributed by atoms with van der Waals surface area (Å²) in [5.41, 5.74) is 1.21. The molecular weight excluding hydrogens is 450 g/mol. The van der Waals surface area contributed by atoms with Crippen LogP contribution in [0.2, 0.25) is 0 Å². The predicted octanol–water partition coefficient (Wildman–Crippen LogP) is 3.30. The van der Waals surface area contributed by atoms with Crippen LogP contribution in [0, 0.1) is 10.1 Å². The molecule has 1 unspecified atom stereocenters. The van der Waals surface area contributed by atoms with E-state index in [0.29, 0.717) is 31.7 Å². The lowest BCUT2D eigenvalue weighted by Crippen LogP contribution is -2.39. The van der Waals surface area contributed by atoms with E-state index >= 15 is 0 Å². The van der Waals surface area contributed by atoms with Crippen molar-refractivity contribution in [1.29, 1.82) is 0 Å². The molecule has 0 bridgehead atoms. The van der Waals surface area contributed by atoms with Gasteiger partial charge >= 0.3 is 0 Å². The highest BCUT2D eigenvalue weighted by atomic mass is 16.6. The molecule has 0 radical (unpaired) electrons. The third-order valence-electron chi connectivity index (χ3n) is 6.19. The molecule has 1 atom stereocenters. The second-order valence-electron chi connectivity index (χ2n) is 8.43. The molecule has 2 heterocycles. The van der Waals surface area contributed by atoms with Crippen molar-refractivity contribution in [2.75, 3.05) is 39.4 Å². The van der Waals surface area contributed by atoms with Crippen molar-refractivity contribution in [2.45, 2.75) is 12.5 Å². The van der Waals surface area contributed by atoms with Crippen molar-refractivity contribution < 1.29 is 24.4 Å². The van der Waals surface area contributed by atoms with Crippen molar-refractivity contribution in [3.8, 4) is 0 Å². The molecule has 9 heteroatoms. The highest BCUT2D eigenvalue weighted by Crippen LogP contribution is 2.38. The topological polar surface area (TPSA) is 113 Å². The Bertz CT molecular complexity index is 1140. The van der Waals surface area contributed by atoms with Gasteiger partial charge < -0.3 is 14.7 Å². The molecule has 2 aromatic rings. The Labute approximate surface area is 203 Å². The summed E-state index contributed by atoms with van der Waals surface area (Å²) in [4.78, 5) is 40.5. The van der Waals surface area contributed by atoms with Crippen LogP contribution in [0.3, 0.4) is 0 Å². The van der Waals surface area contributed by atoms with E-state index < -0.39 is 28.4 Å². The molecule has 4 rings (SSSR count). The molecule has 2 aliphatic rings. The highest BCUT2D eigenvalue weighted by Gasteiger charge is 2.42. The number of hydrogen-bond donors (Lipinski definition) is 1. The van der Waals surface area contributed by atoms with E-state index in [4.69, 9.17) is 4.74 Å². The molecular formula is C26H27N3O6. The van der Waals surface area contributed by atoms with E-state index in [1.54, 1.807) is 6.08 Å². The van der Waals surface area contributed by atoms with Crippen LogP contribution in [0.4, 0.5) is 5.69 Å². The first-order chi connectivity index (χ1) is 17.0. The van der Waals surface area contributed by atoms with Crippen molar-refractivity contribution >= 4 is 23.5 Å². The number of ether oxygens (including phenoxy) is 1. The van der Waals surface area contributed by atoms with E-state index in [9.17, 15) is 24.8 Å². The fourth-order valence-electron chi connectivity index (χ4n) is 4.38. The summed E-state index contributed by atoms with van der Waals surface area (Å²) in [6.45, 7) is 4.04. The van der Waals surface area contributed by atoms with Gasteiger partial charge in [-0.05, 0) is 35.8 Å². The van der Waals surface area contributed by atoms with E-state index in [-0.39, 0.29) is 11.3 Å². The summed E-state index contributed by atoms with van der Waals surface area (Å²) < 4.78 is 5.37. The second kappa shape index (κ2) is 11.1. The number of non-ortho nitro benzene ring substituents is 1. The largest absolute Gasteiger partial charge is 0.503 e. The predicted molar refractivity (Wildman–Crippen MR) is 130 cm³/mol. The van der Waals surface area contributed by atoms with Crippen LogP contribution < -0.4 is 0 Å². The number of aliphatic hydroxyl groups is 1. The minimum absolute atomic E-state index is 0.0255. The van der Waals surface area contributed by atoms with Crippen LogP contribution >= 0.6 is 0 Å². The standard InChI is InChI=1S/C26H27N3O6/c30-22(12-7-19-5-2-1-3-6-19)23-24(20-8-10-21(11-9-20)29(33)34)28(26(32)25(23)31)14-4-13-27-15-17-35-18-16-27/h1-3,5-12,24,31H,4,13-18H2/b12-7-. The molecule has 9 nitrogen and oxygen atoms in total. The first-order valence-electron chi connectivity index (χ1n) is 11.5. The number of nitro groups is 1. The van der Waals surface area contributed by atoms with Crippen molar-refractivity contribution in [1.82, 2.24) is 9.80 Å². The van der Waals surface area contributed by atoms with Gasteiger partial charge in [-0.3, -0.25) is 24.6 Å². The first-order valence-corrected chi connectivity index (χ1v) is 11.5. The van der Waals surface area contributed by atoms with Crippen LogP contribution in [0.25, 0.3) is 6.08 Å². The maximum atomic E-state index is 13.2. The number of benzene rings is 2. The number of carbonyl (C=O) groups excluding carboxylic acids is 2. The number of nitro benzene ring substituents is 1. The molecule has 1 amide bonds. The van der Waals surface area contributed by atoms with E-state index in [1.165, 1.54) is 35.2 Å². The number of hydrogen-bond acceptors (Lipinski definition) is 7. The molecule has 1 saturated heterocycles. The van der Waals surface area contributed by atoms with Crippen LogP contribution in [0.1, 0.15) is 23.6 Å². The van der Waals surface area contributed by atoms with Crippen LogP contribution in [0.15, 0.2) is 72.0 Å². The fraction of sp³-hybridized carbons (Fsp3) is 0.308. The molecule has 1 N–H and O–H groups in total. The molecule has 35 heavy (non-hydrogen) atoms. The number of amides is 1. The van der Waals surface area contributed by atoms with Gasteiger partial charge in [-0.2, -0.15) is 0 Å². The lowest BCUT2D eigenvalue weighted by Gasteiger charge is -2.29. The summed E-state index contributed by atoms with van der Waals surface area (Å²) >= 11 is 0. The maximum absolute atomic E-state index is 13.2. The van der Waals surface area contributed by atoms with Crippen LogP contribution in [-0.4, -0.2) is 70.9 Å². The van der Waals surface area contributed by atoms with Crippen molar-refractivity contribution in [3.63, 3.8) is 0 Å². The Balaban J connectivity index is 1.59. The molecule has 182 valence electrons. The Hall–Kier alpha value is -3.82. The number of ketones is 1. The average molecular weight is 478 g/mol. The smallest absolute Gasteiger partial charge is 0.290 e. The fourth-order valence-corrected chi connectivity index (χ4v) is 4.38. The third kappa shape index (κ3) is 5.64. The maximum Gasteiger partial charge on any atom is 0.290 e. The molecule has 0 aliphatic carbocycles. The molecule has 0 saturated carbocycles. The lowest BCUT2D eigenvalue weighted by molar-refractivity contribution is -0.384. The summed E-state index contributed by atoms with van der Waals surface area (Å²) in [5, 5.41) is 21.8. The van der Waals surface area contributed by atoms with Crippen LogP contribution in [-0.2, 0) is 14.3 Å². The quantitative estimate of drug-likeness (QED) is 0.335. The van der Waals surface area contributed by atoms with E-state index in [1.807, 2.05) is 30.3 Å². The lowest BCUT2D eigenvalue weighted by atomic mass is 9.95. The number of rotatable bonds is 9. The SMILES string of the molecule is O=C(/C=C\c1ccccc1)C1=C(O)C(=O)N(CCCN2CCOCC2)C1c1ccc([N+](=O)[O-])cc1. The minimum Gasteiger partial charge on any atom is -0.503 e. The zero-order valence-electron chi connectivity index (χ0n) is 19.2. The van der Waals surface area contributed by atoms with Crippen LogP contribution in [0.5, 0.6) is 0 Å². The van der Waals surface area contributed by atoms with Gasteiger partial charge in [0.15, 0.2) is 11.5 Å². The van der Waals surface area contributed by atoms with E-state index in [2.05, 4.69) is 4.90 Å². The van der Waals surface area contributed by atoms with Gasteiger partial charge in [0.25, 0.3) is 11.6 Å². The zero-order chi connectivity index (χ0) is 24.8. The van der Waals surface area contributed by atoms with Gasteiger partial charge in [-0.15, -0.1) is 0 Å². The van der Waals surface area contributed by atoms with Gasteiger partial charge in [0.1, 0.15) is 0 Å². The molecule has 2 aliphatic heterocycles. The average Bonchev–Trinajstić information content (AvgIpc) is 3.13. The van der Waals surface area contributed by atoms with Gasteiger partial charge in [0.05, 0.1) is 29.8 Å². The monoisotopic (exact) mass is 477 g/mol. The molecule has 0 spiro atoms. The van der Waals surface area contributed by atoms with Crippen molar-refractivity contribution in [3.05, 3.63) is 93.2 Å². The Morgan fingerprint density at radius 3 is 2.43 bits per heavy atom. The Morgan fingerprint density at radius 1 is 1.09 bits per heavy atom. The number of allylic oxidation sites excluding steroid dienone is 1. The summed E-state index contributed by atoms with van der Waals surface area (Å²) in [6, 6.07) is 14.1. The normalized spacial score (nSPS) is 19.0. The Kier molecular flexibility index (Phi) is 7.69. The van der Waals surface area contributed by atoms with Gasteiger partial charge in [-0.1, -0.05) is 36.4 Å². The second-order valence-corrected chi connectivity index (χ2v) is 8.43. The third-order valence-corrected chi connectivity index (χ3v) is 6.19. The van der Waals surface area contributed by atoms with Crippen molar-refractivity contribution in [2.24, 2.45) is 0 Å². The van der Waals surface area contributed by atoms with Gasteiger partial charge in [-0.25, -0.2) is 0 Å². The zero-order valence-corrected chi connectivity index (χ0v) is 19.2. The van der Waals surface area contributed by atoms with E-state index in [0.717, 1.165) is 25.2 Å². The highest BCUT2D eigenvalue weighted by molar-refractivity contribution is 6.14. The van der Waals surface area contributed by atoms with Gasteiger partial charge in [0, 0.05) is 38.3 Å². The number of morpholine rings is 1. The summed E-state index contributed by atoms with van der Waals surface area (Å²) in [5.74, 6) is -1.69.